The van der Waals surface area contributed by atoms with E-state index in [0.29, 0.717) is 0 Å². The molecule has 0 saturated heterocycles. The van der Waals surface area contributed by atoms with E-state index in [1.807, 2.05) is 37.3 Å². The molecule has 0 unspecified atom stereocenters. The highest BCUT2D eigenvalue weighted by atomic mass is 15.0. The molecule has 0 amide bonds. The summed E-state index contributed by atoms with van der Waals surface area (Å²) >= 11 is 0. The summed E-state index contributed by atoms with van der Waals surface area (Å²) in [6.07, 6.45) is 14.2. The van der Waals surface area contributed by atoms with Gasteiger partial charge in [-0.1, -0.05) is 97.7 Å². The van der Waals surface area contributed by atoms with Crippen molar-refractivity contribution in [3.8, 4) is 5.69 Å². The Bertz CT molecular complexity index is 1480. The quantitative estimate of drug-likeness (QED) is 0.252. The number of aromatic nitrogens is 1. The lowest BCUT2D eigenvalue weighted by Crippen LogP contribution is -1.93. The molecule has 4 aromatic rings. The van der Waals surface area contributed by atoms with Crippen LogP contribution in [0.1, 0.15) is 25.0 Å². The average Bonchev–Trinajstić information content (AvgIpc) is 3.18. The van der Waals surface area contributed by atoms with Crippen LogP contribution in [0.3, 0.4) is 0 Å². The van der Waals surface area contributed by atoms with Crippen molar-refractivity contribution in [2.45, 2.75) is 20.8 Å². The molecule has 168 valence electrons. The van der Waals surface area contributed by atoms with E-state index in [4.69, 9.17) is 0 Å². The summed E-state index contributed by atoms with van der Waals surface area (Å²) in [5, 5.41) is 2.48. The van der Waals surface area contributed by atoms with Crippen molar-refractivity contribution in [2.75, 3.05) is 0 Å². The molecule has 1 heterocycles. The number of hydrogen-bond donors (Lipinski definition) is 0. The minimum atomic E-state index is 0.991. The van der Waals surface area contributed by atoms with Gasteiger partial charge in [0.05, 0.1) is 11.0 Å². The van der Waals surface area contributed by atoms with Crippen LogP contribution in [-0.2, 0) is 0 Å². The molecule has 0 atom stereocenters. The molecule has 4 rings (SSSR count). The Balaban J connectivity index is 1.86. The molecule has 0 radical (unpaired) electrons. The van der Waals surface area contributed by atoms with Crippen LogP contribution >= 0.6 is 0 Å². The van der Waals surface area contributed by atoms with Gasteiger partial charge in [-0.05, 0) is 73.4 Å². The normalized spacial score (nSPS) is 12.9. The fraction of sp³-hybridized carbons (Fsp3) is 0.0909. The van der Waals surface area contributed by atoms with Crippen molar-refractivity contribution in [3.05, 3.63) is 145 Å². The van der Waals surface area contributed by atoms with E-state index in [2.05, 4.69) is 110 Å². The largest absolute Gasteiger partial charge is 0.309 e. The van der Waals surface area contributed by atoms with Crippen molar-refractivity contribution in [3.63, 3.8) is 0 Å². The second kappa shape index (κ2) is 10.2. The topological polar surface area (TPSA) is 4.93 Å². The number of allylic oxidation sites excluding steroid dienone is 10. The van der Waals surface area contributed by atoms with E-state index in [0.717, 1.165) is 22.3 Å². The van der Waals surface area contributed by atoms with Crippen molar-refractivity contribution < 1.29 is 0 Å². The predicted octanol–water partition coefficient (Wildman–Crippen LogP) is 9.30. The molecule has 0 bridgehead atoms. The van der Waals surface area contributed by atoms with Gasteiger partial charge in [-0.25, -0.2) is 0 Å². The lowest BCUT2D eigenvalue weighted by molar-refractivity contribution is 1.17. The van der Waals surface area contributed by atoms with Crippen molar-refractivity contribution >= 4 is 27.4 Å². The number of fused-ring (bicyclic) bond motifs is 3. The Hall–Kier alpha value is -4.10. The van der Waals surface area contributed by atoms with E-state index in [1.165, 1.54) is 33.1 Å². The maximum Gasteiger partial charge on any atom is 0.0541 e. The van der Waals surface area contributed by atoms with Gasteiger partial charge in [0.25, 0.3) is 0 Å². The summed E-state index contributed by atoms with van der Waals surface area (Å²) in [4.78, 5) is 0. The van der Waals surface area contributed by atoms with Crippen LogP contribution in [0.5, 0.6) is 0 Å². The van der Waals surface area contributed by atoms with Gasteiger partial charge in [-0.15, -0.1) is 0 Å². The molecule has 0 aliphatic heterocycles. The first-order valence-electron chi connectivity index (χ1n) is 11.6. The number of benzene rings is 3. The molecule has 0 saturated carbocycles. The van der Waals surface area contributed by atoms with Crippen LogP contribution in [-0.4, -0.2) is 4.57 Å². The molecular formula is C33H31N. The van der Waals surface area contributed by atoms with Crippen LogP contribution in [0.4, 0.5) is 0 Å². The molecular weight excluding hydrogens is 410 g/mol. The van der Waals surface area contributed by atoms with Crippen LogP contribution in [0.2, 0.25) is 0 Å². The summed E-state index contributed by atoms with van der Waals surface area (Å²) in [7, 11) is 0. The smallest absolute Gasteiger partial charge is 0.0541 e. The third-order valence-electron chi connectivity index (χ3n) is 6.07. The maximum absolute atomic E-state index is 4.22. The molecule has 3 aromatic carbocycles. The standard InChI is InChI=1S/C33H31N/c1-6-8-9-13-25(4)26(5)22-27(12-7-2)28-18-21-33-31(23-28)30-14-10-11-15-32(30)34(33)29-19-16-24(3)17-20-29/h6-23H,2,4H2,1,3,5H3/b8-6-,13-9-,26-22+,27-12+. The van der Waals surface area contributed by atoms with Gasteiger partial charge >= 0.3 is 0 Å². The summed E-state index contributed by atoms with van der Waals surface area (Å²) in [6, 6.07) is 24.1. The van der Waals surface area contributed by atoms with E-state index >= 15 is 0 Å². The molecule has 0 spiro atoms. The summed E-state index contributed by atoms with van der Waals surface area (Å²) in [5.74, 6) is 0. The SMILES string of the molecule is C=C/C=C(\C=C(/C)C(=C)/C=C\C=C/C)c1ccc2c(c1)c1ccccc1n2-c1ccc(C)cc1. The highest BCUT2D eigenvalue weighted by molar-refractivity contribution is 6.10. The Labute approximate surface area is 203 Å². The van der Waals surface area contributed by atoms with Crippen molar-refractivity contribution in [1.82, 2.24) is 4.57 Å². The van der Waals surface area contributed by atoms with Gasteiger partial charge < -0.3 is 4.57 Å². The fourth-order valence-electron chi connectivity index (χ4n) is 4.22. The maximum atomic E-state index is 4.22. The fourth-order valence-corrected chi connectivity index (χ4v) is 4.22. The number of para-hydroxylation sites is 1. The summed E-state index contributed by atoms with van der Waals surface area (Å²) in [5.41, 5.74) is 9.22. The van der Waals surface area contributed by atoms with E-state index in [9.17, 15) is 0 Å². The molecule has 0 aliphatic rings. The molecule has 34 heavy (non-hydrogen) atoms. The van der Waals surface area contributed by atoms with E-state index in [-0.39, 0.29) is 0 Å². The summed E-state index contributed by atoms with van der Waals surface area (Å²) < 4.78 is 2.35. The van der Waals surface area contributed by atoms with Gasteiger partial charge in [-0.2, -0.15) is 0 Å². The van der Waals surface area contributed by atoms with E-state index in [1.54, 1.807) is 0 Å². The first kappa shape index (κ1) is 23.1. The third kappa shape index (κ3) is 4.65. The molecule has 0 N–H and O–H groups in total. The van der Waals surface area contributed by atoms with Gasteiger partial charge in [0.15, 0.2) is 0 Å². The second-order valence-corrected chi connectivity index (χ2v) is 8.52. The average molecular weight is 442 g/mol. The number of aryl methyl sites for hydroxylation is 1. The zero-order chi connectivity index (χ0) is 24.1. The Morgan fingerprint density at radius 3 is 2.35 bits per heavy atom. The Morgan fingerprint density at radius 2 is 1.62 bits per heavy atom. The van der Waals surface area contributed by atoms with E-state index < -0.39 is 0 Å². The van der Waals surface area contributed by atoms with Crippen LogP contribution in [0, 0.1) is 6.92 Å². The highest BCUT2D eigenvalue weighted by Crippen LogP contribution is 2.34. The van der Waals surface area contributed by atoms with Crippen molar-refractivity contribution in [1.29, 1.82) is 0 Å². The lowest BCUT2D eigenvalue weighted by atomic mass is 9.98. The highest BCUT2D eigenvalue weighted by Gasteiger charge is 2.13. The monoisotopic (exact) mass is 441 g/mol. The van der Waals surface area contributed by atoms with Crippen LogP contribution < -0.4 is 0 Å². The zero-order valence-electron chi connectivity index (χ0n) is 20.3. The third-order valence-corrected chi connectivity index (χ3v) is 6.07. The lowest BCUT2D eigenvalue weighted by Gasteiger charge is -2.09. The summed E-state index contributed by atoms with van der Waals surface area (Å²) in [6.45, 7) is 14.4. The molecule has 1 heteroatoms. The van der Waals surface area contributed by atoms with Gasteiger partial charge in [0.1, 0.15) is 0 Å². The second-order valence-electron chi connectivity index (χ2n) is 8.52. The molecule has 0 aliphatic carbocycles. The molecule has 1 aromatic heterocycles. The van der Waals surface area contributed by atoms with Gasteiger partial charge in [0.2, 0.25) is 0 Å². The zero-order valence-corrected chi connectivity index (χ0v) is 20.3. The first-order chi connectivity index (χ1) is 16.5. The van der Waals surface area contributed by atoms with Crippen LogP contribution in [0.25, 0.3) is 33.1 Å². The minimum absolute atomic E-state index is 0.991. The van der Waals surface area contributed by atoms with Gasteiger partial charge in [0, 0.05) is 16.5 Å². The minimum Gasteiger partial charge on any atom is -0.309 e. The Morgan fingerprint density at radius 1 is 0.882 bits per heavy atom. The molecule has 1 nitrogen and oxygen atoms in total. The predicted molar refractivity (Wildman–Crippen MR) is 151 cm³/mol. The molecule has 0 fully saturated rings. The first-order valence-corrected chi connectivity index (χ1v) is 11.6. The van der Waals surface area contributed by atoms with Gasteiger partial charge in [-0.3, -0.25) is 0 Å². The number of hydrogen-bond acceptors (Lipinski definition) is 0. The number of nitrogens with zero attached hydrogens (tertiary/aromatic N) is 1. The van der Waals surface area contributed by atoms with Crippen LogP contribution in [0.15, 0.2) is 134 Å². The Kier molecular flexibility index (Phi) is 6.94. The number of rotatable bonds is 7. The van der Waals surface area contributed by atoms with Crippen molar-refractivity contribution in [2.24, 2.45) is 0 Å².